The minimum absolute atomic E-state index is 0. The second kappa shape index (κ2) is 4.96. The second-order valence-corrected chi connectivity index (χ2v) is 1.15. The predicted molar refractivity (Wildman–Crippen MR) is 19.5 cm³/mol. The summed E-state index contributed by atoms with van der Waals surface area (Å²) in [6, 6.07) is 0.0833. The molecule has 0 fully saturated rings. The summed E-state index contributed by atoms with van der Waals surface area (Å²) in [4.78, 5) is 0. The van der Waals surface area contributed by atoms with Crippen LogP contribution in [0.3, 0.4) is 0 Å². The van der Waals surface area contributed by atoms with Gasteiger partial charge in [-0.05, 0) is 0 Å². The van der Waals surface area contributed by atoms with Crippen molar-refractivity contribution < 1.29 is 29.6 Å². The van der Waals surface area contributed by atoms with Crippen molar-refractivity contribution in [2.75, 3.05) is 0 Å². The zero-order chi connectivity index (χ0) is 3.58. The molecule has 2 heteroatoms. The molecule has 0 radical (unpaired) electrons. The van der Waals surface area contributed by atoms with Gasteiger partial charge in [0.25, 0.3) is 0 Å². The Balaban J connectivity index is 0. The number of nitrogens with one attached hydrogen (secondary N) is 1. The van der Waals surface area contributed by atoms with Crippen molar-refractivity contribution in [1.29, 1.82) is 0 Å². The summed E-state index contributed by atoms with van der Waals surface area (Å²) in [6.45, 7) is 3.67. The monoisotopic (exact) mass is 81.1 g/mol. The summed E-state index contributed by atoms with van der Waals surface area (Å²) in [6.07, 6.45) is 0. The Hall–Kier alpha value is 0.960. The van der Waals surface area contributed by atoms with Crippen molar-refractivity contribution in [3.63, 3.8) is 0 Å². The maximum atomic E-state index is 6.58. The third-order valence-corrected chi connectivity index (χ3v) is 0. The molecular weight excluding hydrogens is 73.0 g/mol. The molecule has 1 N–H and O–H groups in total. The van der Waals surface area contributed by atoms with E-state index in [2.05, 4.69) is 0 Å². The number of hydrogen-bond acceptors (Lipinski definition) is 0. The van der Waals surface area contributed by atoms with Gasteiger partial charge in [0.2, 0.25) is 0 Å². The van der Waals surface area contributed by atoms with E-state index in [0.29, 0.717) is 0 Å². The Bertz CT molecular complexity index is 11.6. The predicted octanol–water partition coefficient (Wildman–Crippen LogP) is -1.55. The summed E-state index contributed by atoms with van der Waals surface area (Å²) in [7, 11) is 0. The molecule has 0 unspecified atom stereocenters. The maximum absolute atomic E-state index is 6.58. The Labute approximate surface area is 55.2 Å². The van der Waals surface area contributed by atoms with Gasteiger partial charge in [0.1, 0.15) is 0 Å². The van der Waals surface area contributed by atoms with Gasteiger partial charge in [-0.1, -0.05) is 13.8 Å². The minimum Gasteiger partial charge on any atom is -0.675 e. The average Bonchev–Trinajstić information content (AvgIpc) is 0.811. The van der Waals surface area contributed by atoms with Gasteiger partial charge in [0.05, 0.1) is 0 Å². The van der Waals surface area contributed by atoms with E-state index in [1.54, 1.807) is 0 Å². The topological polar surface area (TPSA) is 23.8 Å². The zero-order valence-corrected chi connectivity index (χ0v) is 6.08. The molecule has 0 rings (SSSR count). The Morgan fingerprint density at radius 3 is 1.40 bits per heavy atom. The average molecular weight is 81.1 g/mol. The van der Waals surface area contributed by atoms with Crippen LogP contribution in [0.1, 0.15) is 13.8 Å². The van der Waals surface area contributed by atoms with Gasteiger partial charge in [0, 0.05) is 0 Å². The third-order valence-electron chi connectivity index (χ3n) is 0. The zero-order valence-electron chi connectivity index (χ0n) is 4.08. The Morgan fingerprint density at radius 2 is 1.40 bits per heavy atom. The van der Waals surface area contributed by atoms with E-state index in [1.807, 2.05) is 13.8 Å². The van der Waals surface area contributed by atoms with Crippen molar-refractivity contribution >= 4 is 0 Å². The van der Waals surface area contributed by atoms with E-state index >= 15 is 0 Å². The molecular formula is C3H8NNa. The quantitative estimate of drug-likeness (QED) is 0.315. The van der Waals surface area contributed by atoms with Crippen LogP contribution >= 0.6 is 0 Å². The largest absolute Gasteiger partial charge is 1.00 e. The van der Waals surface area contributed by atoms with E-state index < -0.39 is 0 Å². The smallest absolute Gasteiger partial charge is 0.675 e. The molecule has 0 aromatic rings. The van der Waals surface area contributed by atoms with Crippen molar-refractivity contribution in [3.05, 3.63) is 5.73 Å². The number of rotatable bonds is 0. The van der Waals surface area contributed by atoms with Crippen LogP contribution < -0.4 is 29.6 Å². The van der Waals surface area contributed by atoms with Crippen LogP contribution in [-0.4, -0.2) is 6.04 Å². The summed E-state index contributed by atoms with van der Waals surface area (Å²) >= 11 is 0. The van der Waals surface area contributed by atoms with Gasteiger partial charge in [-0.25, -0.2) is 0 Å². The van der Waals surface area contributed by atoms with Crippen molar-refractivity contribution in [1.82, 2.24) is 0 Å². The normalized spacial score (nSPS) is 7.20. The van der Waals surface area contributed by atoms with E-state index in [-0.39, 0.29) is 35.6 Å². The van der Waals surface area contributed by atoms with Gasteiger partial charge in [0.15, 0.2) is 0 Å². The Morgan fingerprint density at radius 1 is 1.40 bits per heavy atom. The molecule has 0 aliphatic heterocycles. The molecule has 0 aromatic heterocycles. The maximum Gasteiger partial charge on any atom is 1.00 e. The van der Waals surface area contributed by atoms with Gasteiger partial charge in [-0.3, -0.25) is 0 Å². The van der Waals surface area contributed by atoms with Gasteiger partial charge in [-0.2, -0.15) is 0 Å². The molecule has 0 aromatic carbocycles. The van der Waals surface area contributed by atoms with Crippen LogP contribution in [-0.2, 0) is 0 Å². The first-order chi connectivity index (χ1) is 1.73. The fraction of sp³-hybridized carbons (Fsp3) is 1.00. The fourth-order valence-corrected chi connectivity index (χ4v) is 0. The summed E-state index contributed by atoms with van der Waals surface area (Å²) < 4.78 is 0. The van der Waals surface area contributed by atoms with Crippen LogP contribution in [0.5, 0.6) is 0 Å². The molecule has 0 bridgehead atoms. The van der Waals surface area contributed by atoms with E-state index in [4.69, 9.17) is 5.73 Å². The summed E-state index contributed by atoms with van der Waals surface area (Å²) in [5.74, 6) is 0. The second-order valence-electron chi connectivity index (χ2n) is 1.15. The summed E-state index contributed by atoms with van der Waals surface area (Å²) in [5, 5.41) is 0. The molecule has 0 saturated carbocycles. The van der Waals surface area contributed by atoms with E-state index in [0.717, 1.165) is 0 Å². The molecule has 5 heavy (non-hydrogen) atoms. The first-order valence-electron chi connectivity index (χ1n) is 1.44. The van der Waals surface area contributed by atoms with Gasteiger partial charge >= 0.3 is 29.6 Å². The van der Waals surface area contributed by atoms with Gasteiger partial charge in [-0.15, -0.1) is 6.04 Å². The SMILES string of the molecule is CC(C)[NH-].[Na+]. The molecule has 1 nitrogen and oxygen atoms in total. The minimum atomic E-state index is 0. The van der Waals surface area contributed by atoms with E-state index in [1.165, 1.54) is 0 Å². The molecule has 0 atom stereocenters. The molecule has 26 valence electrons. The van der Waals surface area contributed by atoms with E-state index in [9.17, 15) is 0 Å². The van der Waals surface area contributed by atoms with Crippen LogP contribution in [0.15, 0.2) is 0 Å². The number of hydrogen-bond donors (Lipinski definition) is 0. The fourth-order valence-electron chi connectivity index (χ4n) is 0. The third kappa shape index (κ3) is 47.2. The molecule has 0 amide bonds. The van der Waals surface area contributed by atoms with Crippen LogP contribution in [0.25, 0.3) is 5.73 Å². The van der Waals surface area contributed by atoms with Crippen molar-refractivity contribution in [2.24, 2.45) is 0 Å². The Kier molecular flexibility index (Phi) is 9.28. The van der Waals surface area contributed by atoms with Crippen LogP contribution in [0, 0.1) is 0 Å². The molecule has 0 aliphatic carbocycles. The summed E-state index contributed by atoms with van der Waals surface area (Å²) in [5.41, 5.74) is 6.58. The van der Waals surface area contributed by atoms with Crippen LogP contribution in [0.2, 0.25) is 0 Å². The molecule has 0 saturated heterocycles. The van der Waals surface area contributed by atoms with Crippen LogP contribution in [0.4, 0.5) is 0 Å². The van der Waals surface area contributed by atoms with Crippen molar-refractivity contribution in [3.8, 4) is 0 Å². The standard InChI is InChI=1S/C3H8N.Na/c1-3(2)4;/h3-4H,1-2H3;/q-1;+1. The first-order valence-corrected chi connectivity index (χ1v) is 1.44. The molecule has 0 aliphatic rings. The molecule has 0 heterocycles. The first kappa shape index (κ1) is 9.35. The van der Waals surface area contributed by atoms with Crippen molar-refractivity contribution in [2.45, 2.75) is 19.9 Å². The molecule has 0 spiro atoms. The van der Waals surface area contributed by atoms with Gasteiger partial charge < -0.3 is 5.73 Å².